The molecule has 0 nitrogen and oxygen atoms in total. The normalized spacial score (nSPS) is 8.73. The minimum absolute atomic E-state index is 0.808. The molecule has 0 unspecified atom stereocenters. The van der Waals surface area contributed by atoms with Gasteiger partial charge in [0.15, 0.2) is 0 Å². The van der Waals surface area contributed by atoms with Crippen LogP contribution in [-0.2, 0) is 0 Å². The maximum atomic E-state index is 5.28. The second-order valence-corrected chi connectivity index (χ2v) is 2.84. The van der Waals surface area contributed by atoms with Crippen LogP contribution in [0.15, 0.2) is 29.3 Å². The van der Waals surface area contributed by atoms with Gasteiger partial charge < -0.3 is 0 Å². The van der Waals surface area contributed by atoms with Crippen molar-refractivity contribution in [3.05, 3.63) is 46.5 Å². The predicted molar refractivity (Wildman–Crippen MR) is 50.0 cm³/mol. The lowest BCUT2D eigenvalue weighted by Gasteiger charge is -1.99. The number of hydrogen-bond acceptors (Lipinski definition) is 0. The minimum atomic E-state index is 0.808. The maximum Gasteiger partial charge on any atom is 0.0463 e. The van der Waals surface area contributed by atoms with Crippen molar-refractivity contribution in [2.45, 2.75) is 0 Å². The van der Waals surface area contributed by atoms with Crippen molar-refractivity contribution in [3.63, 3.8) is 0 Å². The van der Waals surface area contributed by atoms with Crippen LogP contribution in [0.5, 0.6) is 0 Å². The molecule has 11 heavy (non-hydrogen) atoms. The Hall–Kier alpha value is -1.00. The van der Waals surface area contributed by atoms with Gasteiger partial charge in [0.25, 0.3) is 0 Å². The summed E-state index contributed by atoms with van der Waals surface area (Å²) < 4.78 is 0.911. The van der Waals surface area contributed by atoms with E-state index in [1.165, 1.54) is 0 Å². The maximum absolute atomic E-state index is 5.28. The Kier molecular flexibility index (Phi) is 2.51. The highest BCUT2D eigenvalue weighted by atomic mass is 79.9. The van der Waals surface area contributed by atoms with Gasteiger partial charge in [-0.3, -0.25) is 0 Å². The van der Waals surface area contributed by atoms with Crippen LogP contribution >= 0.6 is 15.9 Å². The van der Waals surface area contributed by atoms with Gasteiger partial charge >= 0.3 is 0 Å². The van der Waals surface area contributed by atoms with Gasteiger partial charge in [0.1, 0.15) is 0 Å². The lowest BCUT2D eigenvalue weighted by atomic mass is 10.1. The number of hydrogen-bond donors (Lipinski definition) is 0. The Morgan fingerprint density at radius 1 is 1.45 bits per heavy atom. The molecule has 0 saturated heterocycles. The molecule has 1 aromatic rings. The van der Waals surface area contributed by atoms with Crippen molar-refractivity contribution in [2.75, 3.05) is 0 Å². The summed E-state index contributed by atoms with van der Waals surface area (Å²) in [6, 6.07) is 5.68. The molecule has 0 N–H and O–H groups in total. The summed E-state index contributed by atoms with van der Waals surface area (Å²) in [6.07, 6.45) is 8.04. The molecule has 0 amide bonds. The first kappa shape index (κ1) is 8.10. The van der Waals surface area contributed by atoms with Gasteiger partial charge in [0, 0.05) is 10.0 Å². The van der Waals surface area contributed by atoms with Crippen molar-refractivity contribution < 1.29 is 0 Å². The Morgan fingerprint density at radius 2 is 2.18 bits per heavy atom. The van der Waals surface area contributed by atoms with E-state index in [4.69, 9.17) is 6.42 Å². The van der Waals surface area contributed by atoms with E-state index in [0.29, 0.717) is 0 Å². The van der Waals surface area contributed by atoms with Gasteiger partial charge in [-0.05, 0) is 33.6 Å². The Morgan fingerprint density at radius 3 is 2.64 bits per heavy atom. The van der Waals surface area contributed by atoms with E-state index in [1.807, 2.05) is 18.2 Å². The first-order valence-corrected chi connectivity index (χ1v) is 3.87. The van der Waals surface area contributed by atoms with Gasteiger partial charge in [0.05, 0.1) is 0 Å². The molecule has 0 aromatic heterocycles. The molecule has 1 aromatic carbocycles. The minimum Gasteiger partial charge on any atom is -0.115 e. The van der Waals surface area contributed by atoms with Crippen LogP contribution < -0.4 is 0 Å². The monoisotopic (exact) mass is 205 g/mol. The molecular weight excluding hydrogens is 200 g/mol. The van der Waals surface area contributed by atoms with Gasteiger partial charge in [-0.1, -0.05) is 24.6 Å². The van der Waals surface area contributed by atoms with E-state index in [0.717, 1.165) is 15.6 Å². The average molecular weight is 206 g/mol. The van der Waals surface area contributed by atoms with Gasteiger partial charge in [0.2, 0.25) is 0 Å². The molecule has 1 radical (unpaired) electrons. The largest absolute Gasteiger partial charge is 0.115 e. The summed E-state index contributed by atoms with van der Waals surface area (Å²) in [6.45, 7) is 3.54. The number of terminal acetylenes is 1. The summed E-state index contributed by atoms with van der Waals surface area (Å²) in [5.41, 5.74) is 1.67. The zero-order chi connectivity index (χ0) is 8.27. The van der Waals surface area contributed by atoms with Crippen LogP contribution in [-0.4, -0.2) is 0 Å². The summed E-state index contributed by atoms with van der Waals surface area (Å²) in [5, 5.41) is 0. The molecule has 0 fully saturated rings. The third-order valence-electron chi connectivity index (χ3n) is 1.35. The van der Waals surface area contributed by atoms with Crippen molar-refractivity contribution in [1.82, 2.24) is 0 Å². The number of benzene rings is 1. The van der Waals surface area contributed by atoms with Crippen LogP contribution in [0.4, 0.5) is 0 Å². The zero-order valence-corrected chi connectivity index (χ0v) is 7.48. The summed E-state index contributed by atoms with van der Waals surface area (Å²) in [7, 11) is 0. The fourth-order valence-electron chi connectivity index (χ4n) is 0.818. The van der Waals surface area contributed by atoms with Crippen LogP contribution in [0, 0.1) is 18.4 Å². The van der Waals surface area contributed by atoms with E-state index in [9.17, 15) is 0 Å². The van der Waals surface area contributed by atoms with E-state index in [-0.39, 0.29) is 0 Å². The van der Waals surface area contributed by atoms with Crippen molar-refractivity contribution >= 4 is 15.9 Å². The molecule has 0 spiro atoms. The molecule has 1 rings (SSSR count). The number of halogens is 1. The second-order valence-electron chi connectivity index (χ2n) is 1.98. The van der Waals surface area contributed by atoms with Crippen LogP contribution in [0.2, 0.25) is 0 Å². The third kappa shape index (κ3) is 1.53. The van der Waals surface area contributed by atoms with E-state index in [1.54, 1.807) is 0 Å². The highest BCUT2D eigenvalue weighted by Gasteiger charge is 1.99. The van der Waals surface area contributed by atoms with E-state index >= 15 is 0 Å². The topological polar surface area (TPSA) is 0 Å². The number of rotatable bonds is 1. The fourth-order valence-corrected chi connectivity index (χ4v) is 1.30. The first-order valence-electron chi connectivity index (χ1n) is 3.08. The quantitative estimate of drug-likeness (QED) is 0.619. The summed E-state index contributed by atoms with van der Waals surface area (Å²) in [5.74, 6) is 2.57. The highest BCUT2D eigenvalue weighted by molar-refractivity contribution is 9.10. The van der Waals surface area contributed by atoms with Gasteiger partial charge in [-0.15, -0.1) is 6.42 Å². The smallest absolute Gasteiger partial charge is 0.0463 e. The zero-order valence-electron chi connectivity index (χ0n) is 5.89. The summed E-state index contributed by atoms with van der Waals surface area (Å²) in [4.78, 5) is 0. The average Bonchev–Trinajstić information content (AvgIpc) is 2.04. The molecule has 0 saturated carbocycles. The lowest BCUT2D eigenvalue weighted by Crippen LogP contribution is -1.83. The lowest BCUT2D eigenvalue weighted by molar-refractivity contribution is 1.50. The van der Waals surface area contributed by atoms with Crippen LogP contribution in [0.1, 0.15) is 11.1 Å². The molecule has 0 bridgehead atoms. The third-order valence-corrected chi connectivity index (χ3v) is 2.01. The standard InChI is InChI=1S/C10H6Br/c1-3-8-6-5-7-10(11)9(8)4-2/h2,5-7H,1H2. The summed E-state index contributed by atoms with van der Waals surface area (Å²) >= 11 is 3.34. The van der Waals surface area contributed by atoms with Crippen LogP contribution in [0.3, 0.4) is 0 Å². The Labute approximate surface area is 75.1 Å². The fraction of sp³-hybridized carbons (Fsp3) is 0. The Bertz CT molecular complexity index is 318. The van der Waals surface area contributed by atoms with E-state index in [2.05, 4.69) is 34.5 Å². The molecule has 0 aliphatic rings. The molecular formula is C10H6Br. The molecule has 0 heterocycles. The molecule has 53 valence electrons. The Balaban J connectivity index is 3.38. The van der Waals surface area contributed by atoms with E-state index < -0.39 is 0 Å². The SMILES string of the molecule is C#Cc1c(Br)cccc1[C]=C. The molecule has 1 heteroatoms. The predicted octanol–water partition coefficient (Wildman–Crippen LogP) is 2.77. The second kappa shape index (κ2) is 3.41. The van der Waals surface area contributed by atoms with Crippen molar-refractivity contribution in [1.29, 1.82) is 0 Å². The van der Waals surface area contributed by atoms with Crippen LogP contribution in [0.25, 0.3) is 0 Å². The molecule has 0 aliphatic heterocycles. The molecule has 0 atom stereocenters. The van der Waals surface area contributed by atoms with Gasteiger partial charge in [-0.2, -0.15) is 0 Å². The molecule has 0 aliphatic carbocycles. The van der Waals surface area contributed by atoms with Crippen molar-refractivity contribution in [3.8, 4) is 12.3 Å². The van der Waals surface area contributed by atoms with Crippen molar-refractivity contribution in [2.24, 2.45) is 0 Å². The first-order chi connectivity index (χ1) is 5.29. The van der Waals surface area contributed by atoms with Gasteiger partial charge in [-0.25, -0.2) is 0 Å². The highest BCUT2D eigenvalue weighted by Crippen LogP contribution is 2.19.